The molecule has 0 aliphatic carbocycles. The van der Waals surface area contributed by atoms with Gasteiger partial charge in [0.25, 0.3) is 11.8 Å². The van der Waals surface area contributed by atoms with Crippen LogP contribution < -0.4 is 16.0 Å². The Bertz CT molecular complexity index is 1300. The predicted octanol–water partition coefficient (Wildman–Crippen LogP) is 5.10. The summed E-state index contributed by atoms with van der Waals surface area (Å²) in [7, 11) is 1.52. The standard InChI is InChI=1S/C23H19FN4O2S/c1-13-5-3-4-6-18(13)27-21-19(9-14(11-26-21)22(29)25-2)28-23(30)17-12-31-20-8-7-15(24)10-16(17)20/h3-12H,1-2H3,(H,25,29)(H,26,27)(H,28,30). The number of halogens is 1. The van der Waals surface area contributed by atoms with Crippen molar-refractivity contribution in [1.82, 2.24) is 10.3 Å². The Balaban J connectivity index is 1.72. The van der Waals surface area contributed by atoms with Crippen LogP contribution in [0.2, 0.25) is 0 Å². The van der Waals surface area contributed by atoms with Gasteiger partial charge < -0.3 is 16.0 Å². The number of benzene rings is 2. The molecule has 4 rings (SSSR count). The largest absolute Gasteiger partial charge is 0.355 e. The molecule has 8 heteroatoms. The van der Waals surface area contributed by atoms with Crippen LogP contribution in [0.25, 0.3) is 10.1 Å². The number of carbonyl (C=O) groups is 2. The van der Waals surface area contributed by atoms with Gasteiger partial charge in [-0.1, -0.05) is 18.2 Å². The van der Waals surface area contributed by atoms with Gasteiger partial charge in [-0.15, -0.1) is 11.3 Å². The topological polar surface area (TPSA) is 83.1 Å². The molecule has 2 aromatic heterocycles. The highest BCUT2D eigenvalue weighted by Gasteiger charge is 2.17. The van der Waals surface area contributed by atoms with Crippen molar-refractivity contribution in [3.05, 3.63) is 82.6 Å². The Morgan fingerprint density at radius 1 is 1.03 bits per heavy atom. The number of fused-ring (bicyclic) bond motifs is 1. The molecule has 0 spiro atoms. The van der Waals surface area contributed by atoms with Gasteiger partial charge >= 0.3 is 0 Å². The molecular formula is C23H19FN4O2S. The van der Waals surface area contributed by atoms with Crippen molar-refractivity contribution >= 4 is 50.4 Å². The van der Waals surface area contributed by atoms with Crippen molar-refractivity contribution in [1.29, 1.82) is 0 Å². The maximum Gasteiger partial charge on any atom is 0.257 e. The summed E-state index contributed by atoms with van der Waals surface area (Å²) in [5.41, 5.74) is 2.81. The molecule has 0 radical (unpaired) electrons. The lowest BCUT2D eigenvalue weighted by Gasteiger charge is -2.15. The number of hydrogen-bond acceptors (Lipinski definition) is 5. The summed E-state index contributed by atoms with van der Waals surface area (Å²) in [4.78, 5) is 29.5. The highest BCUT2D eigenvalue weighted by atomic mass is 32.1. The van der Waals surface area contributed by atoms with Crippen molar-refractivity contribution in [3.8, 4) is 0 Å². The molecule has 0 aliphatic rings. The normalized spacial score (nSPS) is 10.7. The van der Waals surface area contributed by atoms with Crippen LogP contribution in [0.5, 0.6) is 0 Å². The number of rotatable bonds is 5. The van der Waals surface area contributed by atoms with E-state index in [0.717, 1.165) is 16.0 Å². The molecule has 2 amide bonds. The lowest BCUT2D eigenvalue weighted by Crippen LogP contribution is -2.19. The van der Waals surface area contributed by atoms with Crippen LogP contribution in [-0.4, -0.2) is 23.8 Å². The van der Waals surface area contributed by atoms with Crippen LogP contribution in [0.15, 0.2) is 60.1 Å². The number of thiophene rings is 1. The minimum Gasteiger partial charge on any atom is -0.355 e. The Kier molecular flexibility index (Phi) is 5.64. The molecule has 4 aromatic rings. The second kappa shape index (κ2) is 8.53. The molecule has 2 heterocycles. The zero-order chi connectivity index (χ0) is 22.0. The summed E-state index contributed by atoms with van der Waals surface area (Å²) in [6.07, 6.45) is 1.43. The number of carbonyl (C=O) groups excluding carboxylic acids is 2. The van der Waals surface area contributed by atoms with Crippen LogP contribution in [0.4, 0.5) is 21.6 Å². The fourth-order valence-corrected chi connectivity index (χ4v) is 4.06. The van der Waals surface area contributed by atoms with E-state index in [-0.39, 0.29) is 5.91 Å². The molecule has 0 saturated heterocycles. The third-order valence-corrected chi connectivity index (χ3v) is 5.77. The van der Waals surface area contributed by atoms with Crippen molar-refractivity contribution < 1.29 is 14.0 Å². The molecule has 3 N–H and O–H groups in total. The van der Waals surface area contributed by atoms with Gasteiger partial charge in [0, 0.05) is 34.4 Å². The first-order valence-corrected chi connectivity index (χ1v) is 10.4. The van der Waals surface area contributed by atoms with E-state index in [0.29, 0.717) is 28.0 Å². The quantitative estimate of drug-likeness (QED) is 0.408. The Labute approximate surface area is 182 Å². The van der Waals surface area contributed by atoms with Crippen LogP contribution in [-0.2, 0) is 0 Å². The molecule has 0 unspecified atom stereocenters. The SMILES string of the molecule is CNC(=O)c1cnc(Nc2ccccc2C)c(NC(=O)c2csc3ccc(F)cc23)c1. The molecule has 0 bridgehead atoms. The lowest BCUT2D eigenvalue weighted by molar-refractivity contribution is 0.0961. The summed E-state index contributed by atoms with van der Waals surface area (Å²) >= 11 is 1.36. The van der Waals surface area contributed by atoms with Crippen molar-refractivity contribution in [3.63, 3.8) is 0 Å². The number of pyridine rings is 1. The van der Waals surface area contributed by atoms with Crippen LogP contribution in [0.3, 0.4) is 0 Å². The molecule has 0 fully saturated rings. The molecular weight excluding hydrogens is 415 g/mol. The van der Waals surface area contributed by atoms with Gasteiger partial charge in [0.2, 0.25) is 0 Å². The average molecular weight is 434 g/mol. The molecule has 31 heavy (non-hydrogen) atoms. The minimum absolute atomic E-state index is 0.300. The molecule has 6 nitrogen and oxygen atoms in total. The maximum atomic E-state index is 13.7. The van der Waals surface area contributed by atoms with Gasteiger partial charge in [0.05, 0.1) is 16.8 Å². The number of aryl methyl sites for hydroxylation is 1. The van der Waals surface area contributed by atoms with E-state index in [1.54, 1.807) is 17.5 Å². The van der Waals surface area contributed by atoms with E-state index in [4.69, 9.17) is 0 Å². The number of amides is 2. The van der Waals surface area contributed by atoms with E-state index in [2.05, 4.69) is 20.9 Å². The second-order valence-electron chi connectivity index (χ2n) is 6.88. The summed E-state index contributed by atoms with van der Waals surface area (Å²) in [6, 6.07) is 13.6. The zero-order valence-electron chi connectivity index (χ0n) is 16.8. The van der Waals surface area contributed by atoms with Crippen molar-refractivity contribution in [2.75, 3.05) is 17.7 Å². The summed E-state index contributed by atoms with van der Waals surface area (Å²) < 4.78 is 14.5. The van der Waals surface area contributed by atoms with E-state index in [1.165, 1.54) is 36.7 Å². The first kappa shape index (κ1) is 20.5. The van der Waals surface area contributed by atoms with Crippen molar-refractivity contribution in [2.45, 2.75) is 6.92 Å². The number of nitrogens with zero attached hydrogens (tertiary/aromatic N) is 1. The number of hydrogen-bond donors (Lipinski definition) is 3. The minimum atomic E-state index is -0.416. The van der Waals surface area contributed by atoms with E-state index in [9.17, 15) is 14.0 Å². The fraction of sp³-hybridized carbons (Fsp3) is 0.0870. The molecule has 2 aromatic carbocycles. The fourth-order valence-electron chi connectivity index (χ4n) is 3.14. The first-order chi connectivity index (χ1) is 15.0. The third-order valence-electron chi connectivity index (χ3n) is 4.80. The van der Waals surface area contributed by atoms with Crippen LogP contribution in [0, 0.1) is 12.7 Å². The zero-order valence-corrected chi connectivity index (χ0v) is 17.6. The van der Waals surface area contributed by atoms with Crippen molar-refractivity contribution in [2.24, 2.45) is 0 Å². The van der Waals surface area contributed by atoms with E-state index in [1.807, 2.05) is 31.2 Å². The van der Waals surface area contributed by atoms with Gasteiger partial charge in [-0.2, -0.15) is 0 Å². The smallest absolute Gasteiger partial charge is 0.257 e. The van der Waals surface area contributed by atoms with Crippen LogP contribution in [0.1, 0.15) is 26.3 Å². The Hall–Kier alpha value is -3.78. The van der Waals surface area contributed by atoms with Gasteiger partial charge in [-0.3, -0.25) is 9.59 Å². The molecule has 0 aliphatic heterocycles. The lowest BCUT2D eigenvalue weighted by atomic mass is 10.1. The third kappa shape index (κ3) is 4.24. The van der Waals surface area contributed by atoms with E-state index < -0.39 is 11.7 Å². The van der Waals surface area contributed by atoms with Gasteiger partial charge in [0.15, 0.2) is 5.82 Å². The number of anilines is 3. The average Bonchev–Trinajstić information content (AvgIpc) is 3.19. The van der Waals surface area contributed by atoms with Crippen LogP contribution >= 0.6 is 11.3 Å². The Morgan fingerprint density at radius 2 is 1.84 bits per heavy atom. The predicted molar refractivity (Wildman–Crippen MR) is 122 cm³/mol. The van der Waals surface area contributed by atoms with Gasteiger partial charge in [-0.25, -0.2) is 9.37 Å². The summed E-state index contributed by atoms with van der Waals surface area (Å²) in [5.74, 6) is -0.764. The Morgan fingerprint density at radius 3 is 2.61 bits per heavy atom. The summed E-state index contributed by atoms with van der Waals surface area (Å²) in [6.45, 7) is 1.95. The maximum absolute atomic E-state index is 13.7. The molecule has 0 saturated carbocycles. The number of para-hydroxylation sites is 1. The monoisotopic (exact) mass is 434 g/mol. The van der Waals surface area contributed by atoms with E-state index >= 15 is 0 Å². The highest BCUT2D eigenvalue weighted by Crippen LogP contribution is 2.30. The number of nitrogens with one attached hydrogen (secondary N) is 3. The summed E-state index contributed by atoms with van der Waals surface area (Å²) in [5, 5.41) is 10.8. The number of aromatic nitrogens is 1. The van der Waals surface area contributed by atoms with Gasteiger partial charge in [0.1, 0.15) is 5.82 Å². The van der Waals surface area contributed by atoms with Gasteiger partial charge in [-0.05, 0) is 42.8 Å². The molecule has 156 valence electrons. The first-order valence-electron chi connectivity index (χ1n) is 9.49. The molecule has 0 atom stereocenters. The highest BCUT2D eigenvalue weighted by molar-refractivity contribution is 7.17. The second-order valence-corrected chi connectivity index (χ2v) is 7.79.